The van der Waals surface area contributed by atoms with Crippen LogP contribution in [-0.2, 0) is 11.2 Å². The first-order valence-electron chi connectivity index (χ1n) is 6.87. The zero-order valence-electron chi connectivity index (χ0n) is 11.8. The number of carboxylic acids is 1. The Kier molecular flexibility index (Phi) is 3.97. The number of hydrogen-bond donors (Lipinski definition) is 3. The monoisotopic (exact) mass is 276 g/mol. The number of nitrogens with one attached hydrogen (secondary N) is 2. The van der Waals surface area contributed by atoms with E-state index in [1.165, 1.54) is 5.56 Å². The molecule has 1 aromatic carbocycles. The van der Waals surface area contributed by atoms with Crippen LogP contribution in [0, 0.1) is 5.92 Å². The molecule has 1 fully saturated rings. The molecule has 2 amide bonds. The first-order valence-corrected chi connectivity index (χ1v) is 6.87. The van der Waals surface area contributed by atoms with Crippen LogP contribution < -0.4 is 10.6 Å². The largest absolute Gasteiger partial charge is 0.480 e. The molecule has 20 heavy (non-hydrogen) atoms. The Labute approximate surface area is 118 Å². The van der Waals surface area contributed by atoms with E-state index >= 15 is 0 Å². The lowest BCUT2D eigenvalue weighted by atomic mass is 9.96. The third-order valence-corrected chi connectivity index (χ3v) is 3.83. The minimum atomic E-state index is -1.19. The standard InChI is InChI=1S/C15H20N2O3/c1-3-10-4-8-12(9-5-10)16-14(20)17-15(2,13(18)19)11-6-7-11/h4-5,8-9,11H,3,6-7H2,1-2H3,(H,18,19)(H2,16,17,20). The van der Waals surface area contributed by atoms with Gasteiger partial charge in [-0.15, -0.1) is 0 Å². The van der Waals surface area contributed by atoms with Gasteiger partial charge in [-0.2, -0.15) is 0 Å². The second-order valence-corrected chi connectivity index (χ2v) is 5.41. The maximum Gasteiger partial charge on any atom is 0.329 e. The van der Waals surface area contributed by atoms with Crippen LogP contribution in [0.15, 0.2) is 24.3 Å². The second-order valence-electron chi connectivity index (χ2n) is 5.41. The van der Waals surface area contributed by atoms with Crippen molar-refractivity contribution in [3.05, 3.63) is 29.8 Å². The van der Waals surface area contributed by atoms with E-state index in [2.05, 4.69) is 17.6 Å². The fourth-order valence-corrected chi connectivity index (χ4v) is 2.21. The van der Waals surface area contributed by atoms with Crippen molar-refractivity contribution in [3.8, 4) is 0 Å². The Bertz CT molecular complexity index is 508. The summed E-state index contributed by atoms with van der Waals surface area (Å²) < 4.78 is 0. The van der Waals surface area contributed by atoms with Crippen molar-refractivity contribution in [1.82, 2.24) is 5.32 Å². The summed E-state index contributed by atoms with van der Waals surface area (Å²) in [5.74, 6) is -0.968. The third-order valence-electron chi connectivity index (χ3n) is 3.83. The highest BCUT2D eigenvalue weighted by atomic mass is 16.4. The molecule has 0 saturated heterocycles. The fraction of sp³-hybridized carbons (Fsp3) is 0.467. The number of benzene rings is 1. The topological polar surface area (TPSA) is 78.4 Å². The second kappa shape index (κ2) is 5.53. The van der Waals surface area contributed by atoms with Gasteiger partial charge in [0.2, 0.25) is 0 Å². The third kappa shape index (κ3) is 3.10. The lowest BCUT2D eigenvalue weighted by molar-refractivity contribution is -0.144. The van der Waals surface area contributed by atoms with Gasteiger partial charge < -0.3 is 15.7 Å². The molecule has 0 heterocycles. The minimum Gasteiger partial charge on any atom is -0.480 e. The Hall–Kier alpha value is -2.04. The van der Waals surface area contributed by atoms with Crippen LogP contribution in [-0.4, -0.2) is 22.6 Å². The van der Waals surface area contributed by atoms with Crippen LogP contribution in [0.3, 0.4) is 0 Å². The number of hydrogen-bond acceptors (Lipinski definition) is 2. The van der Waals surface area contributed by atoms with Crippen molar-refractivity contribution in [3.63, 3.8) is 0 Å². The van der Waals surface area contributed by atoms with Gasteiger partial charge in [0.25, 0.3) is 0 Å². The number of carbonyl (C=O) groups excluding carboxylic acids is 1. The van der Waals surface area contributed by atoms with E-state index in [9.17, 15) is 14.7 Å². The summed E-state index contributed by atoms with van der Waals surface area (Å²) in [4.78, 5) is 23.3. The fourth-order valence-electron chi connectivity index (χ4n) is 2.21. The van der Waals surface area contributed by atoms with Gasteiger partial charge in [-0.25, -0.2) is 9.59 Å². The molecule has 0 aromatic heterocycles. The summed E-state index contributed by atoms with van der Waals surface area (Å²) in [6.07, 6.45) is 2.62. The number of amides is 2. The summed E-state index contributed by atoms with van der Waals surface area (Å²) in [6.45, 7) is 3.62. The van der Waals surface area contributed by atoms with E-state index in [1.807, 2.05) is 24.3 Å². The SMILES string of the molecule is CCc1ccc(NC(=O)NC(C)(C(=O)O)C2CC2)cc1. The van der Waals surface area contributed by atoms with E-state index in [0.717, 1.165) is 19.3 Å². The lowest BCUT2D eigenvalue weighted by Crippen LogP contribution is -2.55. The molecule has 1 aliphatic carbocycles. The number of anilines is 1. The van der Waals surface area contributed by atoms with Crippen molar-refractivity contribution in [2.75, 3.05) is 5.32 Å². The first-order chi connectivity index (χ1) is 9.45. The summed E-state index contributed by atoms with van der Waals surface area (Å²) in [5, 5.41) is 14.5. The molecule has 3 N–H and O–H groups in total. The first kappa shape index (κ1) is 14.4. The van der Waals surface area contributed by atoms with Crippen LogP contribution in [0.4, 0.5) is 10.5 Å². The van der Waals surface area contributed by atoms with E-state index in [4.69, 9.17) is 0 Å². The zero-order chi connectivity index (χ0) is 14.8. The van der Waals surface area contributed by atoms with Crippen LogP contribution in [0.1, 0.15) is 32.3 Å². The molecule has 5 heteroatoms. The molecule has 1 aliphatic rings. The van der Waals surface area contributed by atoms with Crippen molar-refractivity contribution in [2.24, 2.45) is 5.92 Å². The molecule has 108 valence electrons. The smallest absolute Gasteiger partial charge is 0.329 e. The number of aliphatic carboxylic acids is 1. The van der Waals surface area contributed by atoms with Crippen LogP contribution in [0.2, 0.25) is 0 Å². The van der Waals surface area contributed by atoms with Crippen molar-refractivity contribution in [2.45, 2.75) is 38.6 Å². The molecule has 0 aliphatic heterocycles. The molecule has 5 nitrogen and oxygen atoms in total. The molecule has 0 bridgehead atoms. The van der Waals surface area contributed by atoms with E-state index in [-0.39, 0.29) is 5.92 Å². The quantitative estimate of drug-likeness (QED) is 0.773. The van der Waals surface area contributed by atoms with Gasteiger partial charge in [0.05, 0.1) is 0 Å². The van der Waals surface area contributed by atoms with E-state index in [0.29, 0.717) is 5.69 Å². The molecule has 2 rings (SSSR count). The number of carbonyl (C=O) groups is 2. The number of aryl methyl sites for hydroxylation is 1. The van der Waals surface area contributed by atoms with Gasteiger partial charge >= 0.3 is 12.0 Å². The lowest BCUT2D eigenvalue weighted by Gasteiger charge is -2.26. The highest BCUT2D eigenvalue weighted by molar-refractivity contribution is 5.94. The highest BCUT2D eigenvalue weighted by Gasteiger charge is 2.48. The molecule has 1 aromatic rings. The molecule has 1 saturated carbocycles. The van der Waals surface area contributed by atoms with Crippen molar-refractivity contribution >= 4 is 17.7 Å². The molecule has 0 spiro atoms. The van der Waals surface area contributed by atoms with Gasteiger partial charge in [0, 0.05) is 5.69 Å². The normalized spacial score (nSPS) is 17.1. The van der Waals surface area contributed by atoms with Gasteiger partial charge in [-0.05, 0) is 49.8 Å². The minimum absolute atomic E-state index is 0.0215. The Morgan fingerprint density at radius 3 is 2.35 bits per heavy atom. The van der Waals surface area contributed by atoms with Gasteiger partial charge in [-0.1, -0.05) is 19.1 Å². The summed E-state index contributed by atoms with van der Waals surface area (Å²) in [6, 6.07) is 7.02. The van der Waals surface area contributed by atoms with Crippen molar-refractivity contribution in [1.29, 1.82) is 0 Å². The Morgan fingerprint density at radius 1 is 1.30 bits per heavy atom. The molecular formula is C15H20N2O3. The highest BCUT2D eigenvalue weighted by Crippen LogP contribution is 2.39. The number of carboxylic acid groups (broad SMARTS) is 1. The maximum atomic E-state index is 11.9. The predicted octanol–water partition coefficient (Wildman–Crippen LogP) is 2.62. The van der Waals surface area contributed by atoms with Crippen molar-refractivity contribution < 1.29 is 14.7 Å². The summed E-state index contributed by atoms with van der Waals surface area (Å²) in [7, 11) is 0. The Morgan fingerprint density at radius 2 is 1.90 bits per heavy atom. The molecular weight excluding hydrogens is 256 g/mol. The average molecular weight is 276 g/mol. The van der Waals surface area contributed by atoms with Gasteiger partial charge in [0.1, 0.15) is 5.54 Å². The van der Waals surface area contributed by atoms with Crippen LogP contribution in [0.25, 0.3) is 0 Å². The number of urea groups is 1. The van der Waals surface area contributed by atoms with Gasteiger partial charge in [0.15, 0.2) is 0 Å². The predicted molar refractivity (Wildman–Crippen MR) is 76.7 cm³/mol. The molecule has 1 unspecified atom stereocenters. The van der Waals surface area contributed by atoms with Crippen LogP contribution >= 0.6 is 0 Å². The molecule has 1 atom stereocenters. The summed E-state index contributed by atoms with van der Waals surface area (Å²) >= 11 is 0. The maximum absolute atomic E-state index is 11.9. The zero-order valence-corrected chi connectivity index (χ0v) is 11.8. The summed E-state index contributed by atoms with van der Waals surface area (Å²) in [5.41, 5.74) is 0.653. The number of rotatable bonds is 5. The van der Waals surface area contributed by atoms with Crippen LogP contribution in [0.5, 0.6) is 0 Å². The van der Waals surface area contributed by atoms with E-state index in [1.54, 1.807) is 6.92 Å². The van der Waals surface area contributed by atoms with Gasteiger partial charge in [-0.3, -0.25) is 0 Å². The molecule has 0 radical (unpaired) electrons. The average Bonchev–Trinajstić information content (AvgIpc) is 3.23. The Balaban J connectivity index is 1.98. The van der Waals surface area contributed by atoms with E-state index < -0.39 is 17.5 Å².